The third-order valence-corrected chi connectivity index (χ3v) is 3.75. The minimum atomic E-state index is -3.68. The van der Waals surface area contributed by atoms with Crippen molar-refractivity contribution in [3.8, 4) is 0 Å². The fourth-order valence-corrected chi connectivity index (χ4v) is 3.15. The molecule has 0 aromatic rings. The van der Waals surface area contributed by atoms with Crippen LogP contribution in [0.25, 0.3) is 0 Å². The molecule has 1 fully saturated rings. The molecule has 0 radical (unpaired) electrons. The molecule has 0 bridgehead atoms. The minimum Gasteiger partial charge on any atom is -0.463 e. The van der Waals surface area contributed by atoms with Gasteiger partial charge in [-0.05, 0) is 26.8 Å². The van der Waals surface area contributed by atoms with E-state index in [9.17, 15) is 13.2 Å². The predicted molar refractivity (Wildman–Crippen MR) is 72.9 cm³/mol. The largest absolute Gasteiger partial charge is 0.463 e. The Kier molecular flexibility index (Phi) is 4.44. The number of fused-ring (bicyclic) bond motifs is 1. The fraction of sp³-hybridized carbons (Fsp3) is 0.769. The zero-order valence-corrected chi connectivity index (χ0v) is 13.3. The van der Waals surface area contributed by atoms with Crippen molar-refractivity contribution in [1.29, 1.82) is 0 Å². The highest BCUT2D eigenvalue weighted by Crippen LogP contribution is 2.37. The molecule has 120 valence electrons. The molecule has 0 amide bonds. The number of carbonyl (C=O) groups excluding carboxylic acids is 1. The smallest absolute Gasteiger partial charge is 0.333 e. The average Bonchev–Trinajstić information content (AvgIpc) is 2.62. The number of hydrogen-bond donors (Lipinski definition) is 0. The van der Waals surface area contributed by atoms with Crippen LogP contribution in [0.2, 0.25) is 0 Å². The Morgan fingerprint density at radius 1 is 1.43 bits per heavy atom. The summed E-state index contributed by atoms with van der Waals surface area (Å²) in [6.07, 6.45) is 0.765. The Labute approximate surface area is 124 Å². The summed E-state index contributed by atoms with van der Waals surface area (Å²) in [6.45, 7) is 5.39. The van der Waals surface area contributed by atoms with Gasteiger partial charge in [0.2, 0.25) is 0 Å². The number of rotatable bonds is 4. The van der Waals surface area contributed by atoms with Gasteiger partial charge in [0.1, 0.15) is 18.3 Å². The molecule has 1 aliphatic carbocycles. The summed E-state index contributed by atoms with van der Waals surface area (Å²) >= 11 is 0. The molecular formula is C13H20O7S. The van der Waals surface area contributed by atoms with Crippen LogP contribution in [-0.2, 0) is 33.3 Å². The second-order valence-corrected chi connectivity index (χ2v) is 7.12. The second kappa shape index (κ2) is 5.68. The maximum Gasteiger partial charge on any atom is 0.333 e. The van der Waals surface area contributed by atoms with E-state index >= 15 is 0 Å². The van der Waals surface area contributed by atoms with Crippen LogP contribution in [0, 0.1) is 0 Å². The van der Waals surface area contributed by atoms with Crippen molar-refractivity contribution in [2.45, 2.75) is 51.3 Å². The van der Waals surface area contributed by atoms with Gasteiger partial charge in [0.15, 0.2) is 5.79 Å². The van der Waals surface area contributed by atoms with Crippen molar-refractivity contribution in [3.05, 3.63) is 11.6 Å². The van der Waals surface area contributed by atoms with Crippen molar-refractivity contribution < 1.29 is 31.6 Å². The summed E-state index contributed by atoms with van der Waals surface area (Å²) in [4.78, 5) is 11.9. The number of ether oxygens (including phenoxy) is 3. The molecule has 0 saturated carbocycles. The molecule has 1 heterocycles. The maximum atomic E-state index is 11.9. The molecule has 7 nitrogen and oxygen atoms in total. The summed E-state index contributed by atoms with van der Waals surface area (Å²) in [6, 6.07) is 0. The van der Waals surface area contributed by atoms with E-state index in [1.807, 2.05) is 0 Å². The highest BCUT2D eigenvalue weighted by atomic mass is 32.2. The second-order valence-electron chi connectivity index (χ2n) is 5.52. The standard InChI is InChI=1S/C13H20O7S/c1-5-17-12(14)8-6-9-11(19-13(2,3)18-9)10(7-8)20-21(4,15)16/h6,9-11H,5,7H2,1-4H3/t9-,10-,11-/m1/s1. The minimum absolute atomic E-state index is 0.104. The molecule has 0 N–H and O–H groups in total. The monoisotopic (exact) mass is 320 g/mol. The molecule has 0 spiro atoms. The molecular weight excluding hydrogens is 300 g/mol. The molecule has 2 aliphatic rings. The molecule has 21 heavy (non-hydrogen) atoms. The van der Waals surface area contributed by atoms with E-state index < -0.39 is 40.2 Å². The Hall–Kier alpha value is -0.960. The van der Waals surface area contributed by atoms with Crippen LogP contribution in [0.5, 0.6) is 0 Å². The van der Waals surface area contributed by atoms with E-state index in [4.69, 9.17) is 18.4 Å². The van der Waals surface area contributed by atoms with Crippen LogP contribution in [0.15, 0.2) is 11.6 Å². The van der Waals surface area contributed by atoms with Crippen LogP contribution in [0.1, 0.15) is 27.2 Å². The number of esters is 1. The van der Waals surface area contributed by atoms with Crippen molar-refractivity contribution in [2.24, 2.45) is 0 Å². The maximum absolute atomic E-state index is 11.9. The van der Waals surface area contributed by atoms with E-state index in [2.05, 4.69) is 0 Å². The first-order valence-corrected chi connectivity index (χ1v) is 8.54. The lowest BCUT2D eigenvalue weighted by atomic mass is 9.92. The van der Waals surface area contributed by atoms with Gasteiger partial charge in [0.05, 0.1) is 12.9 Å². The molecule has 2 rings (SSSR count). The fourth-order valence-electron chi connectivity index (χ4n) is 2.52. The van der Waals surface area contributed by atoms with Crippen LogP contribution >= 0.6 is 0 Å². The zero-order valence-electron chi connectivity index (χ0n) is 12.5. The summed E-state index contributed by atoms with van der Waals surface area (Å²) in [5.41, 5.74) is 0.341. The third kappa shape index (κ3) is 4.03. The Morgan fingerprint density at radius 2 is 2.10 bits per heavy atom. The number of hydrogen-bond acceptors (Lipinski definition) is 7. The molecule has 1 aliphatic heterocycles. The Balaban J connectivity index is 2.26. The van der Waals surface area contributed by atoms with Crippen molar-refractivity contribution in [3.63, 3.8) is 0 Å². The van der Waals surface area contributed by atoms with Gasteiger partial charge in [-0.25, -0.2) is 4.79 Å². The van der Waals surface area contributed by atoms with Crippen LogP contribution in [0.3, 0.4) is 0 Å². The van der Waals surface area contributed by atoms with Crippen molar-refractivity contribution in [1.82, 2.24) is 0 Å². The topological polar surface area (TPSA) is 88.1 Å². The zero-order chi connectivity index (χ0) is 15.8. The Morgan fingerprint density at radius 3 is 2.67 bits per heavy atom. The lowest BCUT2D eigenvalue weighted by molar-refractivity contribution is -0.150. The van der Waals surface area contributed by atoms with E-state index in [1.54, 1.807) is 26.8 Å². The summed E-state index contributed by atoms with van der Waals surface area (Å²) < 4.78 is 44.2. The van der Waals surface area contributed by atoms with Gasteiger partial charge >= 0.3 is 5.97 Å². The predicted octanol–water partition coefficient (Wildman–Crippen LogP) is 0.744. The van der Waals surface area contributed by atoms with Gasteiger partial charge in [-0.2, -0.15) is 8.42 Å². The van der Waals surface area contributed by atoms with Gasteiger partial charge in [-0.3, -0.25) is 4.18 Å². The molecule has 0 aromatic carbocycles. The van der Waals surface area contributed by atoms with E-state index in [-0.39, 0.29) is 13.0 Å². The first-order valence-electron chi connectivity index (χ1n) is 6.73. The first-order chi connectivity index (χ1) is 9.61. The van der Waals surface area contributed by atoms with Crippen molar-refractivity contribution in [2.75, 3.05) is 12.9 Å². The average molecular weight is 320 g/mol. The van der Waals surface area contributed by atoms with Crippen LogP contribution in [0.4, 0.5) is 0 Å². The van der Waals surface area contributed by atoms with Crippen molar-refractivity contribution >= 4 is 16.1 Å². The van der Waals surface area contributed by atoms with Crippen LogP contribution in [-0.4, -0.2) is 51.3 Å². The lowest BCUT2D eigenvalue weighted by Crippen LogP contribution is -2.42. The molecule has 3 atom stereocenters. The normalized spacial score (nSPS) is 31.4. The highest BCUT2D eigenvalue weighted by Gasteiger charge is 2.49. The third-order valence-electron chi connectivity index (χ3n) is 3.15. The van der Waals surface area contributed by atoms with Crippen LogP contribution < -0.4 is 0 Å². The molecule has 0 unspecified atom stereocenters. The van der Waals surface area contributed by atoms with Gasteiger partial charge in [-0.15, -0.1) is 0 Å². The van der Waals surface area contributed by atoms with E-state index in [0.29, 0.717) is 5.57 Å². The van der Waals surface area contributed by atoms with Gasteiger partial charge in [0.25, 0.3) is 10.1 Å². The molecule has 0 aromatic heterocycles. The van der Waals surface area contributed by atoms with Gasteiger partial charge in [0, 0.05) is 12.0 Å². The number of carbonyl (C=O) groups is 1. The summed E-state index contributed by atoms with van der Waals surface area (Å²) in [7, 11) is -3.68. The summed E-state index contributed by atoms with van der Waals surface area (Å²) in [5.74, 6) is -1.36. The SMILES string of the molecule is CCOC(=O)C1=C[C@H]2OC(C)(C)O[C@H]2[C@H](OS(C)(=O)=O)C1. The van der Waals surface area contributed by atoms with Gasteiger partial charge < -0.3 is 14.2 Å². The van der Waals surface area contributed by atoms with E-state index in [0.717, 1.165) is 6.26 Å². The lowest BCUT2D eigenvalue weighted by Gasteiger charge is -2.29. The highest BCUT2D eigenvalue weighted by molar-refractivity contribution is 7.86. The Bertz CT molecular complexity index is 549. The quantitative estimate of drug-likeness (QED) is 0.557. The molecule has 8 heteroatoms. The first kappa shape index (κ1) is 16.4. The van der Waals surface area contributed by atoms with E-state index in [1.165, 1.54) is 0 Å². The summed E-state index contributed by atoms with van der Waals surface area (Å²) in [5, 5.41) is 0. The van der Waals surface area contributed by atoms with Gasteiger partial charge in [-0.1, -0.05) is 0 Å². The molecule has 1 saturated heterocycles.